The van der Waals surface area contributed by atoms with Gasteiger partial charge in [0.1, 0.15) is 0 Å². The first-order valence-corrected chi connectivity index (χ1v) is 8.49. The molecule has 0 spiro atoms. The molecule has 1 rings (SSSR count). The monoisotopic (exact) mass is 290 g/mol. The van der Waals surface area contributed by atoms with Crippen molar-refractivity contribution in [1.29, 1.82) is 0 Å². The number of hydrogen-bond acceptors (Lipinski definition) is 2. The zero-order valence-corrected chi connectivity index (χ0v) is 14.7. The maximum atomic E-state index is 3.54. The summed E-state index contributed by atoms with van der Waals surface area (Å²) in [5.74, 6) is 1.50. The van der Waals surface area contributed by atoms with E-state index in [0.29, 0.717) is 0 Å². The summed E-state index contributed by atoms with van der Waals surface area (Å²) in [4.78, 5) is 2.45. The number of hydrogen-bond donors (Lipinski definition) is 1. The summed E-state index contributed by atoms with van der Waals surface area (Å²) in [5, 5.41) is 3.54. The fraction of sp³-hybridized carbons (Fsp3) is 0.684. The Kier molecular flexibility index (Phi) is 8.63. The van der Waals surface area contributed by atoms with Crippen LogP contribution in [0.3, 0.4) is 0 Å². The van der Waals surface area contributed by atoms with Crippen molar-refractivity contribution in [2.45, 2.75) is 47.1 Å². The molecule has 0 fully saturated rings. The molecule has 0 saturated heterocycles. The van der Waals surface area contributed by atoms with Crippen molar-refractivity contribution in [3.8, 4) is 0 Å². The van der Waals surface area contributed by atoms with Gasteiger partial charge in [-0.3, -0.25) is 0 Å². The summed E-state index contributed by atoms with van der Waals surface area (Å²) in [7, 11) is 2.24. The highest BCUT2D eigenvalue weighted by molar-refractivity contribution is 5.27. The quantitative estimate of drug-likeness (QED) is 0.656. The van der Waals surface area contributed by atoms with E-state index in [9.17, 15) is 0 Å². The van der Waals surface area contributed by atoms with E-state index in [4.69, 9.17) is 0 Å². The third kappa shape index (κ3) is 7.63. The number of nitrogens with one attached hydrogen (secondary N) is 1. The van der Waals surface area contributed by atoms with E-state index < -0.39 is 0 Å². The van der Waals surface area contributed by atoms with Crippen LogP contribution < -0.4 is 5.32 Å². The largest absolute Gasteiger partial charge is 0.316 e. The van der Waals surface area contributed by atoms with E-state index in [-0.39, 0.29) is 0 Å². The van der Waals surface area contributed by atoms with Crippen molar-refractivity contribution >= 4 is 0 Å². The Bertz CT molecular complexity index is 387. The number of nitrogens with zero attached hydrogens (tertiary/aromatic N) is 1. The maximum absolute atomic E-state index is 3.54. The topological polar surface area (TPSA) is 15.3 Å². The Labute approximate surface area is 131 Å². The minimum Gasteiger partial charge on any atom is -0.316 e. The molecule has 0 aromatic heterocycles. The van der Waals surface area contributed by atoms with E-state index in [1.165, 1.54) is 24.1 Å². The van der Waals surface area contributed by atoms with Crippen LogP contribution in [0.5, 0.6) is 0 Å². The normalized spacial score (nSPS) is 13.1. The Balaban J connectivity index is 2.50. The second-order valence-electron chi connectivity index (χ2n) is 6.83. The molecule has 0 heterocycles. The molecule has 0 saturated carbocycles. The van der Waals surface area contributed by atoms with Crippen LogP contribution in [-0.2, 0) is 13.0 Å². The number of benzene rings is 1. The molecular weight excluding hydrogens is 256 g/mol. The molecule has 1 N–H and O–H groups in total. The van der Waals surface area contributed by atoms with Crippen molar-refractivity contribution in [3.05, 3.63) is 35.4 Å². The predicted molar refractivity (Wildman–Crippen MR) is 93.6 cm³/mol. The Morgan fingerprint density at radius 3 is 2.38 bits per heavy atom. The Morgan fingerprint density at radius 1 is 1.10 bits per heavy atom. The second kappa shape index (κ2) is 9.97. The summed E-state index contributed by atoms with van der Waals surface area (Å²) in [5.41, 5.74) is 2.97. The van der Waals surface area contributed by atoms with Crippen LogP contribution in [0.4, 0.5) is 0 Å². The molecule has 2 heteroatoms. The first-order chi connectivity index (χ1) is 10.0. The third-order valence-electron chi connectivity index (χ3n) is 4.00. The van der Waals surface area contributed by atoms with E-state index in [2.05, 4.69) is 69.2 Å². The molecule has 0 aliphatic heterocycles. The van der Waals surface area contributed by atoms with Crippen LogP contribution in [0, 0.1) is 11.8 Å². The van der Waals surface area contributed by atoms with Gasteiger partial charge in [0.2, 0.25) is 0 Å². The van der Waals surface area contributed by atoms with Gasteiger partial charge in [0.25, 0.3) is 0 Å². The lowest BCUT2D eigenvalue weighted by Gasteiger charge is -2.22. The summed E-state index contributed by atoms with van der Waals surface area (Å²) in [6.07, 6.45) is 2.38. The van der Waals surface area contributed by atoms with Crippen molar-refractivity contribution in [2.24, 2.45) is 11.8 Å². The molecule has 1 aromatic rings. The maximum Gasteiger partial charge on any atom is 0.0233 e. The Morgan fingerprint density at radius 2 is 1.76 bits per heavy atom. The van der Waals surface area contributed by atoms with E-state index >= 15 is 0 Å². The molecular formula is C19H34N2. The summed E-state index contributed by atoms with van der Waals surface area (Å²) >= 11 is 0. The van der Waals surface area contributed by atoms with Crippen molar-refractivity contribution in [3.63, 3.8) is 0 Å². The van der Waals surface area contributed by atoms with Gasteiger partial charge >= 0.3 is 0 Å². The van der Waals surface area contributed by atoms with E-state index in [0.717, 1.165) is 37.9 Å². The lowest BCUT2D eigenvalue weighted by atomic mass is 10.0. The molecule has 0 bridgehead atoms. The van der Waals surface area contributed by atoms with Gasteiger partial charge in [0.15, 0.2) is 0 Å². The molecule has 0 amide bonds. The molecule has 0 aliphatic rings. The highest BCUT2D eigenvalue weighted by Gasteiger charge is 2.08. The predicted octanol–water partition coefficient (Wildman–Crippen LogP) is 3.95. The van der Waals surface area contributed by atoms with Crippen LogP contribution in [0.25, 0.3) is 0 Å². The lowest BCUT2D eigenvalue weighted by Crippen LogP contribution is -2.25. The van der Waals surface area contributed by atoms with Gasteiger partial charge in [-0.2, -0.15) is 0 Å². The highest BCUT2D eigenvalue weighted by Crippen LogP contribution is 2.13. The highest BCUT2D eigenvalue weighted by atomic mass is 15.1. The van der Waals surface area contributed by atoms with Gasteiger partial charge in [-0.1, -0.05) is 58.4 Å². The molecule has 21 heavy (non-hydrogen) atoms. The van der Waals surface area contributed by atoms with Gasteiger partial charge in [-0.05, 0) is 49.5 Å². The van der Waals surface area contributed by atoms with Crippen LogP contribution in [0.15, 0.2) is 24.3 Å². The van der Waals surface area contributed by atoms with Crippen molar-refractivity contribution < 1.29 is 0 Å². The average molecular weight is 290 g/mol. The molecule has 0 aliphatic carbocycles. The SMILES string of the molecule is CCC(C)CN(C)Cc1ccccc1CCNCC(C)C. The zero-order valence-electron chi connectivity index (χ0n) is 14.7. The van der Waals surface area contributed by atoms with Gasteiger partial charge < -0.3 is 10.2 Å². The summed E-state index contributed by atoms with van der Waals surface area (Å²) < 4.78 is 0. The van der Waals surface area contributed by atoms with Crippen LogP contribution in [0.1, 0.15) is 45.2 Å². The lowest BCUT2D eigenvalue weighted by molar-refractivity contribution is 0.274. The average Bonchev–Trinajstić information content (AvgIpc) is 2.44. The van der Waals surface area contributed by atoms with Gasteiger partial charge in [-0.15, -0.1) is 0 Å². The fourth-order valence-electron chi connectivity index (χ4n) is 2.59. The van der Waals surface area contributed by atoms with Crippen LogP contribution in [0.2, 0.25) is 0 Å². The number of rotatable bonds is 10. The zero-order chi connectivity index (χ0) is 15.7. The van der Waals surface area contributed by atoms with E-state index in [1.807, 2.05) is 0 Å². The van der Waals surface area contributed by atoms with E-state index in [1.54, 1.807) is 0 Å². The first kappa shape index (κ1) is 18.2. The second-order valence-corrected chi connectivity index (χ2v) is 6.83. The first-order valence-electron chi connectivity index (χ1n) is 8.49. The standard InChI is InChI=1S/C19H34N2/c1-6-17(4)14-21(5)15-19-10-8-7-9-18(19)11-12-20-13-16(2)3/h7-10,16-17,20H,6,11-15H2,1-5H3. The summed E-state index contributed by atoms with van der Waals surface area (Å²) in [6, 6.07) is 8.89. The van der Waals surface area contributed by atoms with Gasteiger partial charge in [0.05, 0.1) is 0 Å². The molecule has 1 aromatic carbocycles. The minimum absolute atomic E-state index is 0.724. The molecule has 2 nitrogen and oxygen atoms in total. The van der Waals surface area contributed by atoms with Crippen LogP contribution in [-0.4, -0.2) is 31.6 Å². The third-order valence-corrected chi connectivity index (χ3v) is 4.00. The smallest absolute Gasteiger partial charge is 0.0233 e. The minimum atomic E-state index is 0.724. The van der Waals surface area contributed by atoms with Crippen molar-refractivity contribution in [2.75, 3.05) is 26.7 Å². The molecule has 120 valence electrons. The van der Waals surface area contributed by atoms with Crippen molar-refractivity contribution in [1.82, 2.24) is 10.2 Å². The van der Waals surface area contributed by atoms with Gasteiger partial charge in [-0.25, -0.2) is 0 Å². The molecule has 0 radical (unpaired) electrons. The fourth-order valence-corrected chi connectivity index (χ4v) is 2.59. The molecule has 1 atom stereocenters. The summed E-state index contributed by atoms with van der Waals surface area (Å²) in [6.45, 7) is 13.5. The van der Waals surface area contributed by atoms with Gasteiger partial charge in [0, 0.05) is 13.1 Å². The Hall–Kier alpha value is -0.860. The van der Waals surface area contributed by atoms with Crippen LogP contribution >= 0.6 is 0 Å². The molecule has 1 unspecified atom stereocenters.